The van der Waals surface area contributed by atoms with Crippen LogP contribution in [0.1, 0.15) is 16.8 Å². The highest BCUT2D eigenvalue weighted by Crippen LogP contribution is 2.31. The average Bonchev–Trinajstić information content (AvgIpc) is 3.23. The fourth-order valence-electron chi connectivity index (χ4n) is 3.22. The van der Waals surface area contributed by atoms with Crippen LogP contribution in [0.5, 0.6) is 0 Å². The molecule has 9 heteroatoms. The lowest BCUT2D eigenvalue weighted by molar-refractivity contribution is 0.102. The fraction of sp³-hybridized carbons (Fsp3) is 0.368. The third-order valence-electron chi connectivity index (χ3n) is 4.61. The fourth-order valence-corrected chi connectivity index (χ4v) is 5.51. The molecule has 1 aromatic carbocycles. The van der Waals surface area contributed by atoms with Crippen molar-refractivity contribution < 1.29 is 4.79 Å². The molecule has 148 valence electrons. The third-order valence-corrected chi connectivity index (χ3v) is 7.22. The van der Waals surface area contributed by atoms with Crippen molar-refractivity contribution in [2.75, 3.05) is 51.4 Å². The third kappa shape index (κ3) is 4.64. The molecule has 4 rings (SSSR count). The van der Waals surface area contributed by atoms with Gasteiger partial charge in [0.1, 0.15) is 5.82 Å². The molecule has 0 spiro atoms. The van der Waals surface area contributed by atoms with Crippen molar-refractivity contribution in [2.24, 2.45) is 0 Å². The molecule has 0 radical (unpaired) electrons. The molecular weight excluding hydrogens is 435 g/mol. The second-order valence-corrected chi connectivity index (χ2v) is 9.74. The molecule has 2 fully saturated rings. The van der Waals surface area contributed by atoms with Gasteiger partial charge in [-0.25, -0.2) is 4.98 Å². The highest BCUT2D eigenvalue weighted by Gasteiger charge is 2.19. The van der Waals surface area contributed by atoms with Gasteiger partial charge in [0.25, 0.3) is 5.91 Å². The van der Waals surface area contributed by atoms with Gasteiger partial charge in [0.15, 0.2) is 0 Å². The van der Waals surface area contributed by atoms with Crippen LogP contribution in [0.3, 0.4) is 0 Å². The predicted octanol–water partition coefficient (Wildman–Crippen LogP) is 5.05. The van der Waals surface area contributed by atoms with E-state index in [4.69, 9.17) is 23.2 Å². The summed E-state index contributed by atoms with van der Waals surface area (Å²) in [4.78, 5) is 19.5. The number of halogens is 2. The van der Waals surface area contributed by atoms with Crippen molar-refractivity contribution in [3.63, 3.8) is 0 Å². The molecule has 0 aliphatic carbocycles. The molecule has 1 N–H and O–H groups in total. The molecule has 0 saturated carbocycles. The van der Waals surface area contributed by atoms with Crippen LogP contribution in [-0.4, -0.2) is 47.8 Å². The molecule has 3 heterocycles. The van der Waals surface area contributed by atoms with Crippen LogP contribution in [0.25, 0.3) is 0 Å². The van der Waals surface area contributed by atoms with Crippen molar-refractivity contribution in [1.82, 2.24) is 4.98 Å². The molecule has 2 aliphatic rings. The van der Waals surface area contributed by atoms with Crippen LogP contribution in [0.2, 0.25) is 10.0 Å². The van der Waals surface area contributed by atoms with Gasteiger partial charge >= 0.3 is 0 Å². The molecule has 0 bridgehead atoms. The van der Waals surface area contributed by atoms with E-state index in [0.717, 1.165) is 54.8 Å². The number of carbonyl (C=O) groups is 1. The Morgan fingerprint density at radius 1 is 1.07 bits per heavy atom. The van der Waals surface area contributed by atoms with Gasteiger partial charge in [-0.05, 0) is 42.6 Å². The number of benzene rings is 1. The second kappa shape index (κ2) is 9.03. The molecule has 2 aromatic rings. The van der Waals surface area contributed by atoms with Crippen LogP contribution in [0.4, 0.5) is 17.2 Å². The minimum absolute atomic E-state index is 0.264. The van der Waals surface area contributed by atoms with Gasteiger partial charge < -0.3 is 14.5 Å². The maximum Gasteiger partial charge on any atom is 0.257 e. The summed E-state index contributed by atoms with van der Waals surface area (Å²) in [5.74, 6) is 3.75. The topological polar surface area (TPSA) is 48.5 Å². The lowest BCUT2D eigenvalue weighted by Crippen LogP contribution is -2.32. The van der Waals surface area contributed by atoms with Crippen LogP contribution >= 0.6 is 46.9 Å². The second-order valence-electron chi connectivity index (χ2n) is 6.56. The van der Waals surface area contributed by atoms with E-state index in [9.17, 15) is 4.79 Å². The number of anilines is 3. The SMILES string of the molecule is O=C(Nc1cc(Cl)cc(N2CCSCC2)c1)c1cc(N2CCCS2)ncc1Cl. The van der Waals surface area contributed by atoms with Gasteiger partial charge in [0.05, 0.1) is 10.6 Å². The molecule has 0 atom stereocenters. The number of pyridine rings is 1. The summed E-state index contributed by atoms with van der Waals surface area (Å²) in [5.41, 5.74) is 2.10. The quantitative estimate of drug-likeness (QED) is 0.651. The van der Waals surface area contributed by atoms with Gasteiger partial charge in [-0.1, -0.05) is 23.2 Å². The Labute approximate surface area is 183 Å². The number of nitrogens with one attached hydrogen (secondary N) is 1. The summed E-state index contributed by atoms with van der Waals surface area (Å²) in [5, 5.41) is 3.88. The van der Waals surface area contributed by atoms with Crippen LogP contribution < -0.4 is 14.5 Å². The number of hydrogen-bond acceptors (Lipinski definition) is 6. The van der Waals surface area contributed by atoms with Gasteiger partial charge in [-0.15, -0.1) is 0 Å². The number of amides is 1. The Morgan fingerprint density at radius 3 is 2.64 bits per heavy atom. The van der Waals surface area contributed by atoms with Gasteiger partial charge in [-0.2, -0.15) is 11.8 Å². The Kier molecular flexibility index (Phi) is 6.45. The summed E-state index contributed by atoms with van der Waals surface area (Å²) >= 11 is 16.2. The summed E-state index contributed by atoms with van der Waals surface area (Å²) in [6.07, 6.45) is 2.65. The molecule has 2 aliphatic heterocycles. The van der Waals surface area contributed by atoms with Gasteiger partial charge in [0.2, 0.25) is 0 Å². The van der Waals surface area contributed by atoms with Crippen LogP contribution in [-0.2, 0) is 0 Å². The summed E-state index contributed by atoms with van der Waals surface area (Å²) in [6, 6.07) is 7.42. The standard InChI is InChI=1S/C19H20Cl2N4OS2/c20-13-8-14(10-15(9-13)24-3-6-27-7-4-24)23-19(26)16-11-18(22-12-17(16)21)25-2-1-5-28-25/h8-12H,1-7H2,(H,23,26). The van der Waals surface area contributed by atoms with E-state index < -0.39 is 0 Å². The van der Waals surface area contributed by atoms with E-state index in [1.54, 1.807) is 30.3 Å². The van der Waals surface area contributed by atoms with Gasteiger partial charge in [-0.3, -0.25) is 4.79 Å². The van der Waals surface area contributed by atoms with Crippen molar-refractivity contribution in [2.45, 2.75) is 6.42 Å². The lowest BCUT2D eigenvalue weighted by Gasteiger charge is -2.29. The highest BCUT2D eigenvalue weighted by atomic mass is 35.5. The zero-order valence-corrected chi connectivity index (χ0v) is 18.3. The van der Waals surface area contributed by atoms with Crippen molar-refractivity contribution >= 4 is 70.0 Å². The highest BCUT2D eigenvalue weighted by molar-refractivity contribution is 8.00. The predicted molar refractivity (Wildman–Crippen MR) is 123 cm³/mol. The van der Waals surface area contributed by atoms with Crippen LogP contribution in [0.15, 0.2) is 30.5 Å². The van der Waals surface area contributed by atoms with Crippen molar-refractivity contribution in [1.29, 1.82) is 0 Å². The molecule has 28 heavy (non-hydrogen) atoms. The zero-order chi connectivity index (χ0) is 19.5. The summed E-state index contributed by atoms with van der Waals surface area (Å²) < 4.78 is 2.10. The minimum atomic E-state index is -0.264. The van der Waals surface area contributed by atoms with Crippen molar-refractivity contribution in [3.8, 4) is 0 Å². The smallest absolute Gasteiger partial charge is 0.257 e. The monoisotopic (exact) mass is 454 g/mol. The first kappa shape index (κ1) is 20.0. The maximum atomic E-state index is 12.9. The normalized spacial score (nSPS) is 17.1. The van der Waals surface area contributed by atoms with E-state index >= 15 is 0 Å². The maximum absolute atomic E-state index is 12.9. The lowest BCUT2D eigenvalue weighted by atomic mass is 10.2. The summed E-state index contributed by atoms with van der Waals surface area (Å²) in [6.45, 7) is 2.88. The number of hydrogen-bond donors (Lipinski definition) is 1. The summed E-state index contributed by atoms with van der Waals surface area (Å²) in [7, 11) is 0. The first-order valence-corrected chi connectivity index (χ1v) is 12.0. The number of aromatic nitrogens is 1. The largest absolute Gasteiger partial charge is 0.370 e. The number of nitrogens with zero attached hydrogens (tertiary/aromatic N) is 3. The van der Waals surface area contributed by atoms with Crippen molar-refractivity contribution in [3.05, 3.63) is 46.1 Å². The average molecular weight is 455 g/mol. The number of rotatable bonds is 4. The van der Waals surface area contributed by atoms with Crippen LogP contribution in [0, 0.1) is 0 Å². The molecule has 0 unspecified atom stereocenters. The number of thioether (sulfide) groups is 1. The molecular formula is C19H20Cl2N4OS2. The first-order chi connectivity index (χ1) is 13.6. The zero-order valence-electron chi connectivity index (χ0n) is 15.2. The van der Waals surface area contributed by atoms with E-state index in [2.05, 4.69) is 19.5 Å². The molecule has 1 amide bonds. The van der Waals surface area contributed by atoms with E-state index in [1.807, 2.05) is 23.9 Å². The van der Waals surface area contributed by atoms with E-state index in [-0.39, 0.29) is 5.91 Å². The first-order valence-electron chi connectivity index (χ1n) is 9.11. The number of carbonyl (C=O) groups excluding carboxylic acids is 1. The molecule has 1 aromatic heterocycles. The molecule has 5 nitrogen and oxygen atoms in total. The van der Waals surface area contributed by atoms with E-state index in [0.29, 0.717) is 21.3 Å². The Balaban J connectivity index is 1.55. The van der Waals surface area contributed by atoms with E-state index in [1.165, 1.54) is 0 Å². The Bertz CT molecular complexity index is 871. The minimum Gasteiger partial charge on any atom is -0.370 e. The molecule has 2 saturated heterocycles. The Hall–Kier alpha value is -1.28. The Morgan fingerprint density at radius 2 is 1.89 bits per heavy atom. The van der Waals surface area contributed by atoms with Gasteiger partial charge in [0, 0.05) is 59.5 Å².